The van der Waals surface area contributed by atoms with Gasteiger partial charge >= 0.3 is 0 Å². The van der Waals surface area contributed by atoms with E-state index >= 15 is 0 Å². The molecule has 4 rings (SSSR count). The van der Waals surface area contributed by atoms with Gasteiger partial charge in [0.25, 0.3) is 0 Å². The average Bonchev–Trinajstić information content (AvgIpc) is 2.78. The van der Waals surface area contributed by atoms with Crippen molar-refractivity contribution in [2.45, 2.75) is 26.2 Å². The number of fused-ring (bicyclic) bond motifs is 1. The summed E-state index contributed by atoms with van der Waals surface area (Å²) >= 11 is 0. The Balaban J connectivity index is 1.56. The molecule has 1 nitrogen and oxygen atoms in total. The second-order valence-corrected chi connectivity index (χ2v) is 7.43. The van der Waals surface area contributed by atoms with Gasteiger partial charge < -0.3 is 0 Å². The molecule has 31 heavy (non-hydrogen) atoms. The molecule has 154 valence electrons. The first-order chi connectivity index (χ1) is 15.0. The van der Waals surface area contributed by atoms with Crippen LogP contribution in [0.15, 0.2) is 66.9 Å². The van der Waals surface area contributed by atoms with E-state index in [1.807, 2.05) is 18.3 Å². The molecule has 0 radical (unpaired) electrons. The summed E-state index contributed by atoms with van der Waals surface area (Å²) in [5.41, 5.74) is 3.42. The van der Waals surface area contributed by atoms with Gasteiger partial charge in [0.05, 0.1) is 11.3 Å². The van der Waals surface area contributed by atoms with Crippen LogP contribution in [0.25, 0.3) is 22.0 Å². The van der Waals surface area contributed by atoms with E-state index < -0.39 is 17.5 Å². The van der Waals surface area contributed by atoms with Crippen LogP contribution >= 0.6 is 0 Å². The summed E-state index contributed by atoms with van der Waals surface area (Å²) in [4.78, 5) is 4.45. The van der Waals surface area contributed by atoms with Crippen LogP contribution in [0.5, 0.6) is 0 Å². The van der Waals surface area contributed by atoms with E-state index in [1.165, 1.54) is 11.6 Å². The van der Waals surface area contributed by atoms with Gasteiger partial charge in [0.1, 0.15) is 5.82 Å². The van der Waals surface area contributed by atoms with Gasteiger partial charge in [-0.25, -0.2) is 13.2 Å². The van der Waals surface area contributed by atoms with Gasteiger partial charge in [-0.15, -0.1) is 0 Å². The quantitative estimate of drug-likeness (QED) is 0.325. The highest BCUT2D eigenvalue weighted by Gasteiger charge is 2.06. The first kappa shape index (κ1) is 20.7. The molecule has 0 spiro atoms. The highest BCUT2D eigenvalue weighted by Crippen LogP contribution is 2.22. The molecule has 0 unspecified atom stereocenters. The smallest absolute Gasteiger partial charge is 0.159 e. The highest BCUT2D eigenvalue weighted by atomic mass is 19.2. The Morgan fingerprint density at radius 1 is 0.774 bits per heavy atom. The summed E-state index contributed by atoms with van der Waals surface area (Å²) in [5, 5.41) is 1.11. The molecule has 3 aromatic carbocycles. The minimum Gasteiger partial charge on any atom is -0.256 e. The van der Waals surface area contributed by atoms with Crippen molar-refractivity contribution in [3.05, 3.63) is 101 Å². The molecule has 0 fully saturated rings. The molecule has 0 amide bonds. The van der Waals surface area contributed by atoms with Gasteiger partial charge in [-0.05, 0) is 71.6 Å². The predicted molar refractivity (Wildman–Crippen MR) is 118 cm³/mol. The van der Waals surface area contributed by atoms with Crippen molar-refractivity contribution in [1.82, 2.24) is 4.98 Å². The molecule has 0 N–H and O–H groups in total. The fraction of sp³-hybridized carbons (Fsp3) is 0.148. The summed E-state index contributed by atoms with van der Waals surface area (Å²) in [7, 11) is 0. The Kier molecular flexibility index (Phi) is 6.04. The molecular weight excluding hydrogens is 395 g/mol. The molecule has 0 aliphatic heterocycles. The molecule has 0 aliphatic carbocycles. The average molecular weight is 415 g/mol. The number of aromatic nitrogens is 1. The van der Waals surface area contributed by atoms with Gasteiger partial charge in [0, 0.05) is 17.3 Å². The van der Waals surface area contributed by atoms with E-state index in [0.717, 1.165) is 31.4 Å². The normalized spacial score (nSPS) is 10.7. The lowest BCUT2D eigenvalue weighted by Gasteiger charge is -2.04. The number of rotatable bonds is 4. The van der Waals surface area contributed by atoms with E-state index in [9.17, 15) is 13.2 Å². The highest BCUT2D eigenvalue weighted by molar-refractivity contribution is 5.84. The van der Waals surface area contributed by atoms with Gasteiger partial charge in [-0.2, -0.15) is 0 Å². The van der Waals surface area contributed by atoms with Crippen LogP contribution in [0, 0.1) is 29.3 Å². The van der Waals surface area contributed by atoms with Crippen LogP contribution in [0.4, 0.5) is 13.2 Å². The fourth-order valence-electron chi connectivity index (χ4n) is 3.36. The number of halogens is 3. The molecule has 1 heterocycles. The van der Waals surface area contributed by atoms with Gasteiger partial charge in [-0.3, -0.25) is 4.98 Å². The largest absolute Gasteiger partial charge is 0.256 e. The Morgan fingerprint density at radius 2 is 1.58 bits per heavy atom. The van der Waals surface area contributed by atoms with Crippen LogP contribution < -0.4 is 0 Å². The molecule has 4 aromatic rings. The van der Waals surface area contributed by atoms with E-state index in [1.54, 1.807) is 30.3 Å². The van der Waals surface area contributed by atoms with Crippen LogP contribution in [0.2, 0.25) is 0 Å². The van der Waals surface area contributed by atoms with Crippen LogP contribution in [-0.4, -0.2) is 4.98 Å². The third-order valence-electron chi connectivity index (χ3n) is 5.13. The molecule has 0 bridgehead atoms. The number of aryl methyl sites for hydroxylation is 1. The second kappa shape index (κ2) is 9.06. The maximum absolute atomic E-state index is 14.6. The maximum atomic E-state index is 14.6. The van der Waals surface area contributed by atoms with Crippen molar-refractivity contribution < 1.29 is 13.2 Å². The third kappa shape index (κ3) is 4.78. The molecule has 0 saturated heterocycles. The van der Waals surface area contributed by atoms with Crippen LogP contribution in [-0.2, 0) is 6.42 Å². The topological polar surface area (TPSA) is 12.9 Å². The zero-order valence-corrected chi connectivity index (χ0v) is 17.1. The Hall–Kier alpha value is -3.58. The molecular formula is C27H20F3N. The lowest BCUT2D eigenvalue weighted by Crippen LogP contribution is -1.91. The number of hydrogen-bond donors (Lipinski definition) is 0. The van der Waals surface area contributed by atoms with Crippen LogP contribution in [0.1, 0.15) is 36.5 Å². The molecule has 0 atom stereocenters. The van der Waals surface area contributed by atoms with E-state index in [4.69, 9.17) is 0 Å². The lowest BCUT2D eigenvalue weighted by molar-refractivity contribution is 0.511. The standard InChI is InChI=1S/C27H20F3N/c1-2-3-4-19-7-12-27(31-17-19)22-11-10-20(24(28)15-22)8-5-18-6-9-21-14-25(29)26(30)16-23(21)13-18/h6-7,9-17H,2-4H2,1H3. The molecule has 0 saturated carbocycles. The van der Waals surface area contributed by atoms with Crippen LogP contribution in [0.3, 0.4) is 0 Å². The predicted octanol–water partition coefficient (Wildman–Crippen LogP) is 7.06. The maximum Gasteiger partial charge on any atom is 0.159 e. The number of pyridine rings is 1. The van der Waals surface area contributed by atoms with Crippen molar-refractivity contribution in [3.63, 3.8) is 0 Å². The number of unbranched alkanes of at least 4 members (excludes halogenated alkanes) is 1. The van der Waals surface area contributed by atoms with Crippen molar-refractivity contribution in [2.24, 2.45) is 0 Å². The second-order valence-electron chi connectivity index (χ2n) is 7.43. The number of nitrogens with zero attached hydrogens (tertiary/aromatic N) is 1. The zero-order valence-electron chi connectivity index (χ0n) is 17.1. The lowest BCUT2D eigenvalue weighted by atomic mass is 10.0. The van der Waals surface area contributed by atoms with Crippen molar-refractivity contribution in [1.29, 1.82) is 0 Å². The number of hydrogen-bond acceptors (Lipinski definition) is 1. The van der Waals surface area contributed by atoms with Crippen molar-refractivity contribution in [2.75, 3.05) is 0 Å². The summed E-state index contributed by atoms with van der Waals surface area (Å²) in [6.07, 6.45) is 5.07. The van der Waals surface area contributed by atoms with Gasteiger partial charge in [-0.1, -0.05) is 43.4 Å². The number of benzene rings is 3. The Morgan fingerprint density at radius 3 is 2.29 bits per heavy atom. The van der Waals surface area contributed by atoms with Gasteiger partial charge in [0.15, 0.2) is 11.6 Å². The summed E-state index contributed by atoms with van der Waals surface area (Å²) in [6, 6.07) is 16.1. The SMILES string of the molecule is CCCCc1ccc(-c2ccc(C#Cc3ccc4cc(F)c(F)cc4c3)c(F)c2)nc1. The monoisotopic (exact) mass is 415 g/mol. The molecule has 1 aromatic heterocycles. The Bertz CT molecular complexity index is 1300. The van der Waals surface area contributed by atoms with Crippen molar-refractivity contribution >= 4 is 10.8 Å². The first-order valence-corrected chi connectivity index (χ1v) is 10.2. The minimum atomic E-state index is -0.911. The van der Waals surface area contributed by atoms with Gasteiger partial charge in [0.2, 0.25) is 0 Å². The summed E-state index contributed by atoms with van der Waals surface area (Å²) < 4.78 is 41.4. The summed E-state index contributed by atoms with van der Waals surface area (Å²) in [6.45, 7) is 2.15. The van der Waals surface area contributed by atoms with E-state index in [-0.39, 0.29) is 5.56 Å². The van der Waals surface area contributed by atoms with E-state index in [0.29, 0.717) is 27.6 Å². The van der Waals surface area contributed by atoms with E-state index in [2.05, 4.69) is 23.7 Å². The fourth-order valence-corrected chi connectivity index (χ4v) is 3.36. The zero-order chi connectivity index (χ0) is 21.8. The Labute approximate surface area is 179 Å². The third-order valence-corrected chi connectivity index (χ3v) is 5.13. The minimum absolute atomic E-state index is 0.258. The summed E-state index contributed by atoms with van der Waals surface area (Å²) in [5.74, 6) is 3.47. The first-order valence-electron chi connectivity index (χ1n) is 10.2. The molecule has 0 aliphatic rings. The molecule has 4 heteroatoms. The van der Waals surface area contributed by atoms with Crippen molar-refractivity contribution in [3.8, 4) is 23.1 Å².